The average Bonchev–Trinajstić information content (AvgIpc) is 2.39. The summed E-state index contributed by atoms with van der Waals surface area (Å²) in [4.78, 5) is 22.6. The summed E-state index contributed by atoms with van der Waals surface area (Å²) in [6.07, 6.45) is -0.268. The molecule has 0 aliphatic heterocycles. The Hall–Kier alpha value is -1.22. The van der Waals surface area contributed by atoms with Crippen LogP contribution in [0.4, 0.5) is 0 Å². The molecule has 8 nitrogen and oxygen atoms in total. The lowest BCUT2D eigenvalue weighted by molar-refractivity contribution is -0.127. The molecule has 2 atom stereocenters. The van der Waals surface area contributed by atoms with Crippen LogP contribution in [-0.2, 0) is 14.3 Å². The number of nitrogens with two attached hydrogens (primary N) is 2. The van der Waals surface area contributed by atoms with Crippen molar-refractivity contribution >= 4 is 11.8 Å². The Balaban J connectivity index is 4.26. The van der Waals surface area contributed by atoms with Crippen LogP contribution < -0.4 is 22.5 Å². The summed E-state index contributed by atoms with van der Waals surface area (Å²) in [5.74, 6) is 8.67. The Labute approximate surface area is 112 Å². The van der Waals surface area contributed by atoms with Crippen molar-refractivity contribution in [1.29, 1.82) is 0 Å². The van der Waals surface area contributed by atoms with Crippen LogP contribution in [0.15, 0.2) is 0 Å². The van der Waals surface area contributed by atoms with E-state index in [-0.39, 0.29) is 37.9 Å². The van der Waals surface area contributed by atoms with E-state index in [4.69, 9.17) is 16.4 Å². The Kier molecular flexibility index (Phi) is 9.06. The molecule has 0 aromatic rings. The predicted octanol–water partition coefficient (Wildman–Crippen LogP) is -1.46. The molecule has 0 fully saturated rings. The maximum Gasteiger partial charge on any atom is 0.237 e. The van der Waals surface area contributed by atoms with Gasteiger partial charge in [0.15, 0.2) is 0 Å². The second-order valence-electron chi connectivity index (χ2n) is 4.58. The first-order chi connectivity index (χ1) is 8.90. The van der Waals surface area contributed by atoms with E-state index in [2.05, 4.69) is 0 Å². The highest BCUT2D eigenvalue weighted by Gasteiger charge is 2.22. The van der Waals surface area contributed by atoms with E-state index in [1.54, 1.807) is 0 Å². The number of amides is 2. The lowest BCUT2D eigenvalue weighted by atomic mass is 9.95. The molecule has 0 heterocycles. The van der Waals surface area contributed by atoms with Gasteiger partial charge in [-0.1, -0.05) is 0 Å². The third-order valence-corrected chi connectivity index (χ3v) is 2.57. The van der Waals surface area contributed by atoms with Crippen LogP contribution in [0.25, 0.3) is 0 Å². The summed E-state index contributed by atoms with van der Waals surface area (Å²) in [5, 5.41) is 9.76. The molecule has 0 aliphatic rings. The second-order valence-corrected chi connectivity index (χ2v) is 4.58. The molecule has 2 amide bonds. The van der Waals surface area contributed by atoms with Crippen molar-refractivity contribution in [2.45, 2.75) is 45.3 Å². The van der Waals surface area contributed by atoms with Crippen molar-refractivity contribution in [3.63, 3.8) is 0 Å². The molecular weight excluding hydrogens is 252 g/mol. The molecule has 19 heavy (non-hydrogen) atoms. The van der Waals surface area contributed by atoms with Crippen molar-refractivity contribution in [1.82, 2.24) is 10.9 Å². The van der Waals surface area contributed by atoms with Crippen LogP contribution in [0.5, 0.6) is 0 Å². The number of rotatable bonds is 9. The number of carbonyl (C=O) groups is 2. The molecule has 0 radical (unpaired) electrons. The molecule has 0 spiro atoms. The van der Waals surface area contributed by atoms with Crippen molar-refractivity contribution in [3.05, 3.63) is 0 Å². The minimum absolute atomic E-state index is 0.000507. The van der Waals surface area contributed by atoms with Crippen LogP contribution in [0.2, 0.25) is 0 Å². The summed E-state index contributed by atoms with van der Waals surface area (Å²) in [5.41, 5.74) is 4.00. The summed E-state index contributed by atoms with van der Waals surface area (Å²) >= 11 is 0. The molecule has 0 aromatic heterocycles. The van der Waals surface area contributed by atoms with E-state index in [1.807, 2.05) is 24.7 Å². The van der Waals surface area contributed by atoms with Crippen LogP contribution in [0.3, 0.4) is 0 Å². The van der Waals surface area contributed by atoms with Gasteiger partial charge in [0.2, 0.25) is 11.8 Å². The molecule has 112 valence electrons. The van der Waals surface area contributed by atoms with Crippen LogP contribution in [0, 0.1) is 5.92 Å². The minimum Gasteiger partial charge on any atom is -0.391 e. The molecule has 0 aliphatic carbocycles. The highest BCUT2D eigenvalue weighted by atomic mass is 16.5. The Morgan fingerprint density at radius 2 is 1.89 bits per heavy atom. The van der Waals surface area contributed by atoms with Gasteiger partial charge in [0.1, 0.15) is 0 Å². The zero-order chi connectivity index (χ0) is 14.8. The van der Waals surface area contributed by atoms with Gasteiger partial charge in [-0.15, -0.1) is 0 Å². The highest BCUT2D eigenvalue weighted by Crippen LogP contribution is 2.14. The molecule has 7 N–H and O–H groups in total. The van der Waals surface area contributed by atoms with E-state index in [1.165, 1.54) is 0 Å². The Morgan fingerprint density at radius 3 is 2.37 bits per heavy atom. The summed E-state index contributed by atoms with van der Waals surface area (Å²) in [6, 6.07) is 0. The zero-order valence-corrected chi connectivity index (χ0v) is 11.4. The number of aliphatic hydroxyl groups is 1. The third kappa shape index (κ3) is 8.49. The monoisotopic (exact) mass is 276 g/mol. The van der Waals surface area contributed by atoms with E-state index < -0.39 is 17.9 Å². The normalized spacial score (nSPS) is 14.0. The van der Waals surface area contributed by atoms with Crippen molar-refractivity contribution in [2.75, 3.05) is 6.61 Å². The fourth-order valence-corrected chi connectivity index (χ4v) is 1.55. The van der Waals surface area contributed by atoms with Gasteiger partial charge in [-0.25, -0.2) is 11.7 Å². The maximum absolute atomic E-state index is 11.5. The topological polar surface area (TPSA) is 140 Å². The maximum atomic E-state index is 11.5. The van der Waals surface area contributed by atoms with Crippen LogP contribution in [0.1, 0.15) is 33.1 Å². The van der Waals surface area contributed by atoms with Crippen molar-refractivity contribution < 1.29 is 19.4 Å². The van der Waals surface area contributed by atoms with Crippen LogP contribution in [-0.4, -0.2) is 35.7 Å². The standard InChI is InChI=1S/C11H24N4O4/c1-7(2)19-6-9(16)5-8(11(18)15-13)3-4-10(17)14-12/h7-9,16H,3-6,12-13H2,1-2H3,(H,14,17)(H,15,18)/t8-,9-/m1/s1. The summed E-state index contributed by atoms with van der Waals surface area (Å²) in [7, 11) is 0. The fourth-order valence-electron chi connectivity index (χ4n) is 1.55. The number of nitrogens with one attached hydrogen (secondary N) is 2. The average molecular weight is 276 g/mol. The predicted molar refractivity (Wildman–Crippen MR) is 69.1 cm³/mol. The van der Waals surface area contributed by atoms with Gasteiger partial charge in [0.05, 0.1) is 18.8 Å². The minimum atomic E-state index is -0.786. The number of hydrogen-bond donors (Lipinski definition) is 5. The quantitative estimate of drug-likeness (QED) is 0.198. The number of hydrazine groups is 2. The van der Waals surface area contributed by atoms with Gasteiger partial charge in [-0.05, 0) is 26.7 Å². The van der Waals surface area contributed by atoms with Crippen LogP contribution >= 0.6 is 0 Å². The van der Waals surface area contributed by atoms with E-state index in [0.717, 1.165) is 0 Å². The molecule has 0 saturated heterocycles. The molecule has 0 unspecified atom stereocenters. The van der Waals surface area contributed by atoms with Gasteiger partial charge >= 0.3 is 0 Å². The van der Waals surface area contributed by atoms with Gasteiger partial charge in [0.25, 0.3) is 0 Å². The first kappa shape index (κ1) is 17.8. The third-order valence-electron chi connectivity index (χ3n) is 2.57. The highest BCUT2D eigenvalue weighted by molar-refractivity contribution is 5.80. The number of carbonyl (C=O) groups excluding carboxylic acids is 2. The first-order valence-corrected chi connectivity index (χ1v) is 6.20. The largest absolute Gasteiger partial charge is 0.391 e. The molecule has 0 rings (SSSR count). The van der Waals surface area contributed by atoms with Crippen molar-refractivity contribution in [2.24, 2.45) is 17.6 Å². The van der Waals surface area contributed by atoms with Gasteiger partial charge in [-0.3, -0.25) is 20.4 Å². The fraction of sp³-hybridized carbons (Fsp3) is 0.818. The van der Waals surface area contributed by atoms with E-state index in [0.29, 0.717) is 0 Å². The molecule has 0 aromatic carbocycles. The van der Waals surface area contributed by atoms with E-state index in [9.17, 15) is 14.7 Å². The van der Waals surface area contributed by atoms with Gasteiger partial charge in [-0.2, -0.15) is 0 Å². The number of aliphatic hydroxyl groups excluding tert-OH is 1. The van der Waals surface area contributed by atoms with Gasteiger partial charge in [0, 0.05) is 12.3 Å². The molecule has 8 heteroatoms. The molecule has 0 bridgehead atoms. The Morgan fingerprint density at radius 1 is 1.26 bits per heavy atom. The number of hydrogen-bond acceptors (Lipinski definition) is 6. The zero-order valence-electron chi connectivity index (χ0n) is 11.4. The lowest BCUT2D eigenvalue weighted by Gasteiger charge is -2.19. The number of ether oxygens (including phenoxy) is 1. The smallest absolute Gasteiger partial charge is 0.237 e. The lowest BCUT2D eigenvalue weighted by Crippen LogP contribution is -2.39. The van der Waals surface area contributed by atoms with E-state index >= 15 is 0 Å². The summed E-state index contributed by atoms with van der Waals surface area (Å²) in [6.45, 7) is 3.83. The van der Waals surface area contributed by atoms with Gasteiger partial charge < -0.3 is 9.84 Å². The molecule has 0 saturated carbocycles. The first-order valence-electron chi connectivity index (χ1n) is 6.20. The SMILES string of the molecule is CC(C)OC[C@H](O)C[C@@H](CCC(=O)NN)C(=O)NN. The molecular formula is C11H24N4O4. The van der Waals surface area contributed by atoms with Crippen molar-refractivity contribution in [3.8, 4) is 0 Å². The second kappa shape index (κ2) is 9.68. The summed E-state index contributed by atoms with van der Waals surface area (Å²) < 4.78 is 5.25. The Bertz CT molecular complexity index is 286.